The van der Waals surface area contributed by atoms with E-state index in [9.17, 15) is 33.6 Å². The fourth-order valence-corrected chi connectivity index (χ4v) is 15.8. The van der Waals surface area contributed by atoms with Crippen LogP contribution in [0, 0.1) is 64.1 Å². The first-order valence-corrected chi connectivity index (χ1v) is 34.1. The van der Waals surface area contributed by atoms with Crippen LogP contribution >= 0.6 is 0 Å². The largest absolute Gasteiger partial charge is 0.445 e. The van der Waals surface area contributed by atoms with E-state index in [-0.39, 0.29) is 44.5 Å². The minimum atomic E-state index is -1.16. The van der Waals surface area contributed by atoms with Crippen LogP contribution in [0.1, 0.15) is 209 Å². The molecule has 498 valence electrons. The summed E-state index contributed by atoms with van der Waals surface area (Å²) in [6, 6.07) is 14.3. The lowest BCUT2D eigenvalue weighted by atomic mass is 9.44. The van der Waals surface area contributed by atoms with Gasteiger partial charge in [-0.25, -0.2) is 14.3 Å². The molecule has 19 nitrogen and oxygen atoms in total. The van der Waals surface area contributed by atoms with Gasteiger partial charge in [-0.3, -0.25) is 24.0 Å². The van der Waals surface area contributed by atoms with Crippen LogP contribution < -0.4 is 37.2 Å². The van der Waals surface area contributed by atoms with Crippen molar-refractivity contribution < 1.29 is 43.0 Å². The Labute approximate surface area is 536 Å². The van der Waals surface area contributed by atoms with Gasteiger partial charge in [0.05, 0.1) is 25.3 Å². The Morgan fingerprint density at radius 2 is 1.34 bits per heavy atom. The second-order valence-corrected chi connectivity index (χ2v) is 29.3. The van der Waals surface area contributed by atoms with Gasteiger partial charge in [-0.1, -0.05) is 154 Å². The zero-order valence-corrected chi connectivity index (χ0v) is 56.3. The summed E-state index contributed by atoms with van der Waals surface area (Å²) in [5, 5.41) is 28.7. The van der Waals surface area contributed by atoms with E-state index in [4.69, 9.17) is 9.47 Å². The molecule has 4 aliphatic rings. The maximum Gasteiger partial charge on any atom is 0.408 e. The fourth-order valence-electron chi connectivity index (χ4n) is 15.8. The van der Waals surface area contributed by atoms with Gasteiger partial charge in [0.25, 0.3) is 0 Å². The Balaban J connectivity index is 0.948. The number of rotatable bonds is 30. The first kappa shape index (κ1) is 70.9. The third-order valence-corrected chi connectivity index (χ3v) is 21.0. The standard InChI is InChI=1S/C71H110N10O9/c1-13-47(6)62(78-68(88)90-69(8,9)10)66(86)76-59(39-49-25-16-14-17-26-49)64(84)77-61(46(4)5)65(85)74-42-60(82)75-58(29-20-21-38-72-67(87)89-44-50-27-18-15-19-28-50)63(83)73-41-52-43-81(80-79-52)53-34-36-70(11)51(40-53)30-31-54-56-33-32-55(48(7)24-22-23-45(2)3)71(56,12)37-35-57(54)70/h14-19,25-28,43,45-48,51,53-59,61-62H,13,20-24,29-42,44H2,1-12H3,(H,72,87)(H,73,83)(H,74,85)(H,75,82)(H,76,86)(H,77,84)(H,78,88)/t47-,48+,51-,53+,54-,55+,56-,57-,58-,59-,61-,62-,70-,71+/m0/s1. The van der Waals surface area contributed by atoms with Gasteiger partial charge in [0, 0.05) is 13.0 Å². The van der Waals surface area contributed by atoms with Crippen molar-refractivity contribution in [2.75, 3.05) is 13.1 Å². The second kappa shape index (κ2) is 32.7. The number of carbonyl (C=O) groups is 7. The number of nitrogens with one attached hydrogen (secondary N) is 7. The van der Waals surface area contributed by atoms with Crippen molar-refractivity contribution >= 4 is 41.7 Å². The van der Waals surface area contributed by atoms with Crippen molar-refractivity contribution in [2.24, 2.45) is 64.1 Å². The molecule has 0 aliphatic heterocycles. The van der Waals surface area contributed by atoms with Crippen molar-refractivity contribution in [3.05, 3.63) is 83.7 Å². The van der Waals surface area contributed by atoms with Gasteiger partial charge in [-0.2, -0.15) is 0 Å². The van der Waals surface area contributed by atoms with E-state index < -0.39 is 84.0 Å². The molecule has 4 fully saturated rings. The number of benzene rings is 2. The van der Waals surface area contributed by atoms with E-state index in [0.717, 1.165) is 59.5 Å². The third-order valence-electron chi connectivity index (χ3n) is 21.0. The van der Waals surface area contributed by atoms with Gasteiger partial charge in [0.1, 0.15) is 42.1 Å². The van der Waals surface area contributed by atoms with Gasteiger partial charge in [-0.05, 0) is 173 Å². The minimum Gasteiger partial charge on any atom is -0.445 e. The summed E-state index contributed by atoms with van der Waals surface area (Å²) in [7, 11) is 0. The first-order valence-electron chi connectivity index (χ1n) is 34.1. The number of hydrogen-bond acceptors (Lipinski definition) is 11. The highest BCUT2D eigenvalue weighted by Crippen LogP contribution is 2.69. The molecule has 7 rings (SSSR count). The zero-order chi connectivity index (χ0) is 65.3. The molecule has 14 atom stereocenters. The first-order chi connectivity index (χ1) is 42.8. The Morgan fingerprint density at radius 1 is 0.656 bits per heavy atom. The summed E-state index contributed by atoms with van der Waals surface area (Å²) in [6.07, 6.45) is 17.8. The summed E-state index contributed by atoms with van der Waals surface area (Å²) in [5.41, 5.74) is 2.19. The van der Waals surface area contributed by atoms with E-state index in [1.807, 2.05) is 85.4 Å². The van der Waals surface area contributed by atoms with Gasteiger partial charge in [0.2, 0.25) is 29.5 Å². The van der Waals surface area contributed by atoms with Crippen LogP contribution in [0.15, 0.2) is 66.9 Å². The molecule has 0 unspecified atom stereocenters. The smallest absolute Gasteiger partial charge is 0.408 e. The molecule has 1 heterocycles. The molecule has 0 spiro atoms. The maximum absolute atomic E-state index is 14.3. The SMILES string of the molecule is CC[C@H](C)[C@H](NC(=O)OC(C)(C)C)C(=O)N[C@@H](Cc1ccccc1)C(=O)N[C@H](C(=O)NCC(=O)N[C@@H](CCCCNC(=O)OCc1ccccc1)C(=O)NCc1cn([C@@H]2CC[C@@]3(C)[C@@H](CC[C@@H]4[C@@H]3CC[C@]3(C)[C@@H]([C@H](C)CCCC(C)C)CC[C@@H]43)C2)nn1)C(C)C. The molecule has 19 heteroatoms. The number of unbranched alkanes of at least 4 members (excludes halogenated alkanes) is 1. The third kappa shape index (κ3) is 19.5. The number of fused-ring (bicyclic) bond motifs is 5. The topological polar surface area (TPSA) is 253 Å². The number of ether oxygens (including phenoxy) is 2. The predicted octanol–water partition coefficient (Wildman–Crippen LogP) is 11.1. The summed E-state index contributed by atoms with van der Waals surface area (Å²) in [5.74, 6) is 1.73. The van der Waals surface area contributed by atoms with Crippen LogP contribution in [-0.4, -0.2) is 99.6 Å². The average molecular weight is 1250 g/mol. The molecule has 90 heavy (non-hydrogen) atoms. The lowest BCUT2D eigenvalue weighted by molar-refractivity contribution is -0.134. The molecule has 0 saturated heterocycles. The van der Waals surface area contributed by atoms with E-state index in [0.29, 0.717) is 41.7 Å². The Kier molecular flexibility index (Phi) is 25.7. The normalized spacial score (nSPS) is 24.9. The molecule has 7 amide bonds. The van der Waals surface area contributed by atoms with Crippen LogP contribution in [0.3, 0.4) is 0 Å². The predicted molar refractivity (Wildman–Crippen MR) is 349 cm³/mol. The number of amides is 7. The van der Waals surface area contributed by atoms with Gasteiger partial charge >= 0.3 is 12.2 Å². The quantitative estimate of drug-likeness (QED) is 0.0309. The van der Waals surface area contributed by atoms with Crippen molar-refractivity contribution in [3.8, 4) is 0 Å². The number of carbonyl (C=O) groups excluding carboxylic acids is 7. The monoisotopic (exact) mass is 1250 g/mol. The molecule has 4 aliphatic carbocycles. The summed E-state index contributed by atoms with van der Waals surface area (Å²) in [4.78, 5) is 95.6. The Hall–Kier alpha value is -6.53. The maximum atomic E-state index is 14.3. The van der Waals surface area contributed by atoms with Crippen LogP contribution in [0.4, 0.5) is 9.59 Å². The lowest BCUT2D eigenvalue weighted by Gasteiger charge is -2.61. The molecule has 1 aromatic heterocycles. The van der Waals surface area contributed by atoms with E-state index >= 15 is 0 Å². The minimum absolute atomic E-state index is 0.0727. The van der Waals surface area contributed by atoms with Gasteiger partial charge in [0.15, 0.2) is 0 Å². The van der Waals surface area contributed by atoms with E-state index in [1.54, 1.807) is 34.6 Å². The summed E-state index contributed by atoms with van der Waals surface area (Å²) < 4.78 is 12.8. The van der Waals surface area contributed by atoms with Crippen molar-refractivity contribution in [1.82, 2.24) is 52.2 Å². The number of hydrogen-bond donors (Lipinski definition) is 7. The summed E-state index contributed by atoms with van der Waals surface area (Å²) in [6.45, 7) is 24.9. The van der Waals surface area contributed by atoms with Crippen molar-refractivity contribution in [2.45, 2.75) is 241 Å². The van der Waals surface area contributed by atoms with Gasteiger partial charge in [-0.15, -0.1) is 5.10 Å². The molecule has 0 radical (unpaired) electrons. The van der Waals surface area contributed by atoms with E-state index in [1.165, 1.54) is 64.2 Å². The highest BCUT2D eigenvalue weighted by atomic mass is 16.6. The Bertz CT molecular complexity index is 2820. The number of nitrogens with zero attached hydrogens (tertiary/aromatic N) is 3. The molecule has 0 bridgehead atoms. The van der Waals surface area contributed by atoms with Crippen LogP contribution in [-0.2, 0) is 53.0 Å². The number of aromatic nitrogens is 3. The van der Waals surface area contributed by atoms with Crippen molar-refractivity contribution in [1.29, 1.82) is 0 Å². The van der Waals surface area contributed by atoms with Crippen LogP contribution in [0.2, 0.25) is 0 Å². The lowest BCUT2D eigenvalue weighted by Crippen LogP contribution is -2.59. The molecule has 7 N–H and O–H groups in total. The number of alkyl carbamates (subject to hydrolysis) is 2. The average Bonchev–Trinajstić information content (AvgIpc) is 1.37. The highest BCUT2D eigenvalue weighted by molar-refractivity contribution is 5.95. The summed E-state index contributed by atoms with van der Waals surface area (Å²) >= 11 is 0. The van der Waals surface area contributed by atoms with Gasteiger partial charge < -0.3 is 46.7 Å². The fraction of sp³-hybridized carbons (Fsp3) is 0.704. The van der Waals surface area contributed by atoms with Crippen LogP contribution in [0.5, 0.6) is 0 Å². The molecule has 2 aromatic carbocycles. The second-order valence-electron chi connectivity index (χ2n) is 29.3. The zero-order valence-electron chi connectivity index (χ0n) is 56.3. The Morgan fingerprint density at radius 3 is 2.02 bits per heavy atom. The van der Waals surface area contributed by atoms with E-state index in [2.05, 4.69) is 82.1 Å². The molecular formula is C71H110N10O9. The van der Waals surface area contributed by atoms with Crippen molar-refractivity contribution in [3.63, 3.8) is 0 Å². The highest BCUT2D eigenvalue weighted by Gasteiger charge is 2.61. The molecule has 4 saturated carbocycles. The molecule has 3 aromatic rings. The van der Waals surface area contributed by atoms with Crippen LogP contribution in [0.25, 0.3) is 0 Å². The molecular weight excluding hydrogens is 1140 g/mol.